The smallest absolute Gasteiger partial charge is 0.0591 e. The van der Waals surface area contributed by atoms with Gasteiger partial charge in [0.2, 0.25) is 0 Å². The lowest BCUT2D eigenvalue weighted by Gasteiger charge is -2.03. The second-order valence-electron chi connectivity index (χ2n) is 3.00. The second-order valence-corrected chi connectivity index (χ2v) is 3.78. The first kappa shape index (κ1) is 11.4. The van der Waals surface area contributed by atoms with Crippen LogP contribution in [-0.2, 0) is 11.3 Å². The average Bonchev–Trinajstić information content (AvgIpc) is 2.69. The highest BCUT2D eigenvalue weighted by atomic mass is 32.1. The van der Waals surface area contributed by atoms with Gasteiger partial charge in [-0.25, -0.2) is 0 Å². The lowest BCUT2D eigenvalue weighted by Crippen LogP contribution is -2.19. The molecule has 0 aliphatic carbocycles. The second kappa shape index (κ2) is 7.74. The maximum Gasteiger partial charge on any atom is 0.0591 e. The van der Waals surface area contributed by atoms with Crippen molar-refractivity contribution in [1.29, 1.82) is 0 Å². The molecule has 1 aromatic heterocycles. The van der Waals surface area contributed by atoms with E-state index in [4.69, 9.17) is 4.74 Å². The van der Waals surface area contributed by atoms with Crippen molar-refractivity contribution in [2.75, 3.05) is 19.8 Å². The molecule has 0 unspecified atom stereocenters. The summed E-state index contributed by atoms with van der Waals surface area (Å²) in [6, 6.07) is 2.14. The predicted molar refractivity (Wildman–Crippen MR) is 61.7 cm³/mol. The minimum Gasteiger partial charge on any atom is -0.380 e. The zero-order valence-electron chi connectivity index (χ0n) is 8.37. The average molecular weight is 211 g/mol. The first-order valence-corrected chi connectivity index (χ1v) is 5.78. The molecule has 2 nitrogen and oxygen atoms in total. The van der Waals surface area contributed by atoms with Crippen LogP contribution >= 0.6 is 11.3 Å². The van der Waals surface area contributed by atoms with E-state index >= 15 is 0 Å². The molecule has 1 heterocycles. The molecule has 0 amide bonds. The van der Waals surface area contributed by atoms with Crippen LogP contribution in [0.25, 0.3) is 0 Å². The third kappa shape index (κ3) is 5.17. The molecule has 0 saturated carbocycles. The molecular weight excluding hydrogens is 194 g/mol. The van der Waals surface area contributed by atoms with Crippen molar-refractivity contribution in [2.24, 2.45) is 0 Å². The maximum atomic E-state index is 5.36. The van der Waals surface area contributed by atoms with E-state index in [-0.39, 0.29) is 0 Å². The zero-order chi connectivity index (χ0) is 10.1. The Kier molecular flexibility index (Phi) is 6.32. The van der Waals surface area contributed by atoms with Gasteiger partial charge in [0, 0.05) is 13.1 Å². The van der Waals surface area contributed by atoms with E-state index in [0.29, 0.717) is 0 Å². The molecular formula is C11H17NOS. The standard InChI is InChI=1S/C11H17NOS/c1-2-3-6-13-7-5-12-9-11-4-8-14-10-11/h2,4,8,10,12H,1,3,5-7,9H2. The van der Waals surface area contributed by atoms with Gasteiger partial charge >= 0.3 is 0 Å². The van der Waals surface area contributed by atoms with Crippen molar-refractivity contribution >= 4 is 11.3 Å². The molecule has 1 N–H and O–H groups in total. The van der Waals surface area contributed by atoms with Crippen LogP contribution in [0.1, 0.15) is 12.0 Å². The summed E-state index contributed by atoms with van der Waals surface area (Å²) in [5.41, 5.74) is 1.35. The van der Waals surface area contributed by atoms with E-state index in [1.807, 2.05) is 6.08 Å². The van der Waals surface area contributed by atoms with E-state index < -0.39 is 0 Å². The lowest BCUT2D eigenvalue weighted by molar-refractivity contribution is 0.140. The minimum absolute atomic E-state index is 0.776. The highest BCUT2D eigenvalue weighted by Gasteiger charge is 1.91. The van der Waals surface area contributed by atoms with Crippen molar-refractivity contribution in [3.8, 4) is 0 Å². The van der Waals surface area contributed by atoms with Gasteiger partial charge < -0.3 is 10.1 Å². The molecule has 3 heteroatoms. The van der Waals surface area contributed by atoms with Crippen molar-refractivity contribution in [1.82, 2.24) is 5.32 Å². The zero-order valence-corrected chi connectivity index (χ0v) is 9.19. The van der Waals surface area contributed by atoms with Gasteiger partial charge in [-0.1, -0.05) is 6.08 Å². The van der Waals surface area contributed by atoms with Gasteiger partial charge in [0.15, 0.2) is 0 Å². The normalized spacial score (nSPS) is 10.3. The summed E-state index contributed by atoms with van der Waals surface area (Å²) in [6.07, 6.45) is 2.81. The SMILES string of the molecule is C=CCCOCCNCc1ccsc1. The fourth-order valence-corrected chi connectivity index (χ4v) is 1.71. The Balaban J connectivity index is 1.87. The highest BCUT2D eigenvalue weighted by Crippen LogP contribution is 2.04. The van der Waals surface area contributed by atoms with Gasteiger partial charge in [-0.2, -0.15) is 11.3 Å². The summed E-state index contributed by atoms with van der Waals surface area (Å²) in [5.74, 6) is 0. The number of rotatable bonds is 8. The van der Waals surface area contributed by atoms with Crippen LogP contribution in [-0.4, -0.2) is 19.8 Å². The van der Waals surface area contributed by atoms with Gasteiger partial charge in [-0.3, -0.25) is 0 Å². The summed E-state index contributed by atoms with van der Waals surface area (Å²) in [7, 11) is 0. The third-order valence-corrected chi connectivity index (χ3v) is 2.53. The summed E-state index contributed by atoms with van der Waals surface area (Å²) >= 11 is 1.73. The lowest BCUT2D eigenvalue weighted by atomic mass is 10.3. The Labute approximate surface area is 89.6 Å². The van der Waals surface area contributed by atoms with Crippen molar-refractivity contribution in [2.45, 2.75) is 13.0 Å². The van der Waals surface area contributed by atoms with E-state index in [1.165, 1.54) is 5.56 Å². The molecule has 0 saturated heterocycles. The number of nitrogens with one attached hydrogen (secondary N) is 1. The van der Waals surface area contributed by atoms with Gasteiger partial charge in [-0.15, -0.1) is 6.58 Å². The van der Waals surface area contributed by atoms with Crippen LogP contribution in [0.15, 0.2) is 29.5 Å². The van der Waals surface area contributed by atoms with Crippen LogP contribution in [0, 0.1) is 0 Å². The van der Waals surface area contributed by atoms with Gasteiger partial charge in [0.25, 0.3) is 0 Å². The third-order valence-electron chi connectivity index (χ3n) is 1.80. The molecule has 1 aromatic rings. The van der Waals surface area contributed by atoms with Gasteiger partial charge in [-0.05, 0) is 28.8 Å². The number of hydrogen-bond donors (Lipinski definition) is 1. The van der Waals surface area contributed by atoms with Gasteiger partial charge in [0.1, 0.15) is 0 Å². The Hall–Kier alpha value is -0.640. The summed E-state index contributed by atoms with van der Waals surface area (Å²) in [5, 5.41) is 7.57. The molecule has 0 radical (unpaired) electrons. The maximum absolute atomic E-state index is 5.36. The molecule has 78 valence electrons. The van der Waals surface area contributed by atoms with Crippen LogP contribution in [0.4, 0.5) is 0 Å². The van der Waals surface area contributed by atoms with Crippen molar-refractivity contribution in [3.05, 3.63) is 35.0 Å². The summed E-state index contributed by atoms with van der Waals surface area (Å²) < 4.78 is 5.36. The Bertz CT molecular complexity index is 233. The first-order chi connectivity index (χ1) is 6.93. The first-order valence-electron chi connectivity index (χ1n) is 4.84. The quantitative estimate of drug-likeness (QED) is 0.527. The number of hydrogen-bond acceptors (Lipinski definition) is 3. The Morgan fingerprint density at radius 1 is 1.50 bits per heavy atom. The Morgan fingerprint density at radius 3 is 3.14 bits per heavy atom. The van der Waals surface area contributed by atoms with Crippen LogP contribution in [0.5, 0.6) is 0 Å². The predicted octanol–water partition coefficient (Wildman–Crippen LogP) is 2.43. The molecule has 14 heavy (non-hydrogen) atoms. The van der Waals surface area contributed by atoms with Crippen molar-refractivity contribution in [3.63, 3.8) is 0 Å². The Morgan fingerprint density at radius 2 is 2.43 bits per heavy atom. The molecule has 0 aromatic carbocycles. The fourth-order valence-electron chi connectivity index (χ4n) is 1.04. The van der Waals surface area contributed by atoms with Crippen molar-refractivity contribution < 1.29 is 4.74 Å². The topological polar surface area (TPSA) is 21.3 Å². The van der Waals surface area contributed by atoms with Crippen LogP contribution in [0.3, 0.4) is 0 Å². The van der Waals surface area contributed by atoms with Gasteiger partial charge in [0.05, 0.1) is 13.2 Å². The summed E-state index contributed by atoms with van der Waals surface area (Å²) in [4.78, 5) is 0. The monoisotopic (exact) mass is 211 g/mol. The molecule has 0 aliphatic heterocycles. The molecule has 0 bridgehead atoms. The van der Waals surface area contributed by atoms with E-state index in [9.17, 15) is 0 Å². The number of thiophene rings is 1. The highest BCUT2D eigenvalue weighted by molar-refractivity contribution is 7.07. The van der Waals surface area contributed by atoms with E-state index in [0.717, 1.165) is 32.7 Å². The molecule has 0 fully saturated rings. The fraction of sp³-hybridized carbons (Fsp3) is 0.455. The van der Waals surface area contributed by atoms with Crippen LogP contribution in [0.2, 0.25) is 0 Å². The molecule has 0 aliphatic rings. The largest absolute Gasteiger partial charge is 0.380 e. The summed E-state index contributed by atoms with van der Waals surface area (Å²) in [6.45, 7) is 7.04. The van der Waals surface area contributed by atoms with E-state index in [2.05, 4.69) is 28.7 Å². The molecule has 0 atom stereocenters. The van der Waals surface area contributed by atoms with E-state index in [1.54, 1.807) is 11.3 Å². The van der Waals surface area contributed by atoms with Crippen LogP contribution < -0.4 is 5.32 Å². The number of ether oxygens (including phenoxy) is 1. The molecule has 0 spiro atoms. The molecule has 1 rings (SSSR count). The minimum atomic E-state index is 0.776.